The van der Waals surface area contributed by atoms with Gasteiger partial charge < -0.3 is 4.52 Å². The Kier molecular flexibility index (Phi) is 2.98. The molecule has 9 heteroatoms. The highest BCUT2D eigenvalue weighted by molar-refractivity contribution is 7.46. The van der Waals surface area contributed by atoms with Crippen LogP contribution in [0.2, 0.25) is 0 Å². The predicted octanol–water partition coefficient (Wildman–Crippen LogP) is 1.40. The van der Waals surface area contributed by atoms with Gasteiger partial charge in [-0.25, -0.2) is 9.55 Å². The standard InChI is InChI=1S/C15H9N2O6P/c18-13-9-3-1-2-4-12(9)17-14(13)16-11-6-5-8(23-24(20,21)22)7-10(11)15(17)19/h1-7H,(H2,20,21,22). The van der Waals surface area contributed by atoms with Crippen molar-refractivity contribution in [3.63, 3.8) is 0 Å². The first-order chi connectivity index (χ1) is 11.3. The number of carbonyl (C=O) groups excluding carboxylic acids is 1. The van der Waals surface area contributed by atoms with E-state index >= 15 is 0 Å². The predicted molar refractivity (Wildman–Crippen MR) is 83.4 cm³/mol. The molecule has 0 spiro atoms. The molecule has 3 aromatic rings. The number of aromatic nitrogens is 2. The van der Waals surface area contributed by atoms with Gasteiger partial charge in [0, 0.05) is 0 Å². The smallest absolute Gasteiger partial charge is 0.404 e. The van der Waals surface area contributed by atoms with E-state index in [1.54, 1.807) is 24.3 Å². The molecule has 0 saturated carbocycles. The number of carbonyl (C=O) groups is 1. The van der Waals surface area contributed by atoms with Gasteiger partial charge in [-0.3, -0.25) is 23.9 Å². The Labute approximate surface area is 134 Å². The molecule has 2 aromatic carbocycles. The van der Waals surface area contributed by atoms with E-state index in [4.69, 9.17) is 9.79 Å². The molecule has 0 unspecified atom stereocenters. The second-order valence-electron chi connectivity index (χ2n) is 5.18. The van der Waals surface area contributed by atoms with Crippen molar-refractivity contribution in [2.24, 2.45) is 0 Å². The zero-order valence-corrected chi connectivity index (χ0v) is 12.8. The molecule has 2 N–H and O–H groups in total. The normalized spacial score (nSPS) is 13.0. The van der Waals surface area contributed by atoms with Crippen molar-refractivity contribution in [2.45, 2.75) is 0 Å². The molecule has 1 aliphatic heterocycles. The minimum Gasteiger partial charge on any atom is -0.404 e. The molecule has 1 aromatic heterocycles. The van der Waals surface area contributed by atoms with Crippen molar-refractivity contribution in [1.29, 1.82) is 0 Å². The van der Waals surface area contributed by atoms with Crippen LogP contribution in [-0.2, 0) is 4.57 Å². The van der Waals surface area contributed by atoms with E-state index in [2.05, 4.69) is 9.51 Å². The van der Waals surface area contributed by atoms with Crippen molar-refractivity contribution in [2.75, 3.05) is 0 Å². The lowest BCUT2D eigenvalue weighted by Crippen LogP contribution is -2.21. The molecule has 2 heterocycles. The Bertz CT molecular complexity index is 1130. The minimum atomic E-state index is -4.74. The molecule has 120 valence electrons. The van der Waals surface area contributed by atoms with E-state index < -0.39 is 13.4 Å². The molecule has 24 heavy (non-hydrogen) atoms. The molecule has 0 aliphatic carbocycles. The molecule has 0 bridgehead atoms. The largest absolute Gasteiger partial charge is 0.524 e. The molecule has 4 rings (SSSR count). The summed E-state index contributed by atoms with van der Waals surface area (Å²) in [5.74, 6) is -0.495. The van der Waals surface area contributed by atoms with Gasteiger partial charge in [0.05, 0.1) is 22.2 Å². The number of hydrogen-bond donors (Lipinski definition) is 2. The Morgan fingerprint density at radius 2 is 1.83 bits per heavy atom. The van der Waals surface area contributed by atoms with Gasteiger partial charge in [0.25, 0.3) is 5.56 Å². The molecular formula is C15H9N2O6P. The number of rotatable bonds is 2. The summed E-state index contributed by atoms with van der Waals surface area (Å²) in [5.41, 5.74) is 0.539. The van der Waals surface area contributed by atoms with Crippen LogP contribution in [-0.4, -0.2) is 25.1 Å². The Hall–Kier alpha value is -2.80. The van der Waals surface area contributed by atoms with Gasteiger partial charge in [-0.2, -0.15) is 0 Å². The lowest BCUT2D eigenvalue weighted by atomic mass is 10.1. The van der Waals surface area contributed by atoms with Crippen LogP contribution >= 0.6 is 7.82 Å². The van der Waals surface area contributed by atoms with E-state index in [-0.39, 0.29) is 28.3 Å². The van der Waals surface area contributed by atoms with Gasteiger partial charge in [-0.05, 0) is 30.3 Å². The maximum Gasteiger partial charge on any atom is 0.524 e. The maximum absolute atomic E-state index is 12.8. The van der Waals surface area contributed by atoms with Gasteiger partial charge in [0.1, 0.15) is 5.75 Å². The average Bonchev–Trinajstić information content (AvgIpc) is 2.80. The molecule has 0 amide bonds. The highest BCUT2D eigenvalue weighted by atomic mass is 31.2. The van der Waals surface area contributed by atoms with E-state index in [9.17, 15) is 14.2 Å². The highest BCUT2D eigenvalue weighted by Crippen LogP contribution is 2.38. The molecule has 0 saturated heterocycles. The lowest BCUT2D eigenvalue weighted by molar-refractivity contribution is 0.103. The van der Waals surface area contributed by atoms with E-state index in [1.165, 1.54) is 22.8 Å². The lowest BCUT2D eigenvalue weighted by Gasteiger charge is -2.09. The van der Waals surface area contributed by atoms with Crippen LogP contribution in [0, 0.1) is 0 Å². The summed E-state index contributed by atoms with van der Waals surface area (Å²) in [4.78, 5) is 47.1. The van der Waals surface area contributed by atoms with Gasteiger partial charge in [-0.15, -0.1) is 0 Å². The summed E-state index contributed by atoms with van der Waals surface area (Å²) in [6.45, 7) is 0. The van der Waals surface area contributed by atoms with Crippen LogP contribution in [0.5, 0.6) is 5.75 Å². The SMILES string of the molecule is O=C1c2ccccc2-n2c1nc1ccc(OP(=O)(O)O)cc1c2=O. The first kappa shape index (κ1) is 14.8. The van der Waals surface area contributed by atoms with Gasteiger partial charge in [0.2, 0.25) is 5.78 Å². The van der Waals surface area contributed by atoms with E-state index in [1.807, 2.05) is 0 Å². The van der Waals surface area contributed by atoms with Crippen LogP contribution < -0.4 is 10.1 Å². The molecule has 0 atom stereocenters. The number of phosphoric acid groups is 1. The summed E-state index contributed by atoms with van der Waals surface area (Å²) < 4.78 is 16.6. The number of ketones is 1. The summed E-state index contributed by atoms with van der Waals surface area (Å²) in [7, 11) is -4.74. The summed E-state index contributed by atoms with van der Waals surface area (Å²) in [6, 6.07) is 10.5. The number of phosphoric ester groups is 1. The molecule has 8 nitrogen and oxygen atoms in total. The molecule has 1 aliphatic rings. The van der Waals surface area contributed by atoms with Crippen molar-refractivity contribution >= 4 is 24.5 Å². The van der Waals surface area contributed by atoms with Crippen molar-refractivity contribution in [3.05, 3.63) is 64.2 Å². The first-order valence-electron chi connectivity index (χ1n) is 6.81. The zero-order chi connectivity index (χ0) is 17.1. The number of hydrogen-bond acceptors (Lipinski definition) is 5. The second kappa shape index (κ2) is 4.85. The number of nitrogens with zero attached hydrogens (tertiary/aromatic N) is 2. The third kappa shape index (κ3) is 2.16. The van der Waals surface area contributed by atoms with Crippen LogP contribution in [0.3, 0.4) is 0 Å². The van der Waals surface area contributed by atoms with Crippen LogP contribution in [0.15, 0.2) is 47.3 Å². The number of para-hydroxylation sites is 1. The minimum absolute atomic E-state index is 0.0114. The molecular weight excluding hydrogens is 335 g/mol. The monoisotopic (exact) mass is 344 g/mol. The van der Waals surface area contributed by atoms with Crippen LogP contribution in [0.25, 0.3) is 16.6 Å². The molecule has 0 fully saturated rings. The van der Waals surface area contributed by atoms with Crippen LogP contribution in [0.4, 0.5) is 0 Å². The van der Waals surface area contributed by atoms with Gasteiger partial charge in [0.15, 0.2) is 5.82 Å². The Morgan fingerprint density at radius 1 is 1.08 bits per heavy atom. The maximum atomic E-state index is 12.8. The van der Waals surface area contributed by atoms with Crippen molar-refractivity contribution < 1.29 is 23.7 Å². The fourth-order valence-corrected chi connectivity index (χ4v) is 3.10. The average molecular weight is 344 g/mol. The van der Waals surface area contributed by atoms with Gasteiger partial charge >= 0.3 is 7.82 Å². The highest BCUT2D eigenvalue weighted by Gasteiger charge is 2.30. The topological polar surface area (TPSA) is 119 Å². The fraction of sp³-hybridized carbons (Fsp3) is 0. The third-order valence-corrected chi connectivity index (χ3v) is 4.11. The van der Waals surface area contributed by atoms with Gasteiger partial charge in [-0.1, -0.05) is 12.1 Å². The van der Waals surface area contributed by atoms with Crippen molar-refractivity contribution in [1.82, 2.24) is 9.55 Å². The number of benzene rings is 2. The number of fused-ring (bicyclic) bond motifs is 4. The quantitative estimate of drug-likeness (QED) is 0.528. The molecule has 0 radical (unpaired) electrons. The zero-order valence-electron chi connectivity index (χ0n) is 11.9. The Morgan fingerprint density at radius 3 is 2.58 bits per heavy atom. The summed E-state index contributed by atoms with van der Waals surface area (Å²) in [5, 5.41) is 0.0919. The van der Waals surface area contributed by atoms with Crippen LogP contribution in [0.1, 0.15) is 16.2 Å². The van der Waals surface area contributed by atoms with E-state index in [0.29, 0.717) is 11.3 Å². The second-order valence-corrected chi connectivity index (χ2v) is 6.35. The summed E-state index contributed by atoms with van der Waals surface area (Å²) in [6.07, 6.45) is 0. The first-order valence-corrected chi connectivity index (χ1v) is 8.34. The van der Waals surface area contributed by atoms with E-state index in [0.717, 1.165) is 0 Å². The third-order valence-electron chi connectivity index (χ3n) is 3.66. The fourth-order valence-electron chi connectivity index (χ4n) is 2.72. The van der Waals surface area contributed by atoms with Crippen molar-refractivity contribution in [3.8, 4) is 11.4 Å². The summed E-state index contributed by atoms with van der Waals surface area (Å²) >= 11 is 0. The Balaban J connectivity index is 2.01.